The van der Waals surface area contributed by atoms with Crippen LogP contribution >= 0.6 is 0 Å². The van der Waals surface area contributed by atoms with Crippen LogP contribution in [-0.2, 0) is 0 Å². The number of benzene rings is 1. The number of urea groups is 1. The molecule has 1 N–H and O–H groups in total. The summed E-state index contributed by atoms with van der Waals surface area (Å²) in [5, 5.41) is 27.4. The first-order valence-electron chi connectivity index (χ1n) is 6.00. The molecule has 0 saturated heterocycles. The molecule has 1 aliphatic heterocycles. The van der Waals surface area contributed by atoms with E-state index in [0.29, 0.717) is 16.0 Å². The van der Waals surface area contributed by atoms with Crippen molar-refractivity contribution in [1.29, 1.82) is 10.5 Å². The second kappa shape index (κ2) is 5.43. The Bertz CT molecular complexity index is 726. The van der Waals surface area contributed by atoms with Crippen molar-refractivity contribution >= 4 is 17.8 Å². The van der Waals surface area contributed by atoms with Crippen molar-refractivity contribution in [2.45, 2.75) is 13.0 Å². The number of aliphatic imine (C=N–C) groups is 1. The number of nitrogens with zero attached hydrogens (tertiary/aromatic N) is 4. The molecule has 0 spiro atoms. The zero-order valence-corrected chi connectivity index (χ0v) is 11.0. The molecule has 21 heavy (non-hydrogen) atoms. The molecule has 0 saturated carbocycles. The third-order valence-electron chi connectivity index (χ3n) is 3.22. The SMILES string of the molecule is CC1=NC(=O)N(C(=O)O)C(c2cccc(C#N)c2)C1C#N. The molecule has 2 unspecified atom stereocenters. The van der Waals surface area contributed by atoms with E-state index in [4.69, 9.17) is 5.26 Å². The van der Waals surface area contributed by atoms with E-state index in [1.165, 1.54) is 13.0 Å². The second-order valence-electron chi connectivity index (χ2n) is 4.48. The summed E-state index contributed by atoms with van der Waals surface area (Å²) in [5.41, 5.74) is 0.986. The highest BCUT2D eigenvalue weighted by molar-refractivity contribution is 6.04. The number of hydrogen-bond acceptors (Lipinski definition) is 4. The van der Waals surface area contributed by atoms with Crippen LogP contribution in [0.2, 0.25) is 0 Å². The van der Waals surface area contributed by atoms with Crippen LogP contribution in [0.25, 0.3) is 0 Å². The van der Waals surface area contributed by atoms with Gasteiger partial charge in [-0.3, -0.25) is 0 Å². The Kier molecular flexibility index (Phi) is 3.68. The fourth-order valence-electron chi connectivity index (χ4n) is 2.27. The van der Waals surface area contributed by atoms with Gasteiger partial charge in [-0.2, -0.15) is 10.5 Å². The normalized spacial score (nSPS) is 21.2. The predicted molar refractivity (Wildman–Crippen MR) is 71.4 cm³/mol. The minimum absolute atomic E-state index is 0.257. The van der Waals surface area contributed by atoms with Gasteiger partial charge in [-0.05, 0) is 24.6 Å². The summed E-state index contributed by atoms with van der Waals surface area (Å²) < 4.78 is 0. The van der Waals surface area contributed by atoms with Crippen LogP contribution < -0.4 is 0 Å². The summed E-state index contributed by atoms with van der Waals surface area (Å²) in [7, 11) is 0. The molecule has 7 nitrogen and oxygen atoms in total. The molecule has 0 bridgehead atoms. The Morgan fingerprint density at radius 3 is 2.71 bits per heavy atom. The standard InChI is InChI=1S/C14H10N4O3/c1-8-11(7-16)12(18(14(20)21)13(19)17-8)10-4-2-3-9(5-10)6-15/h2-5,11-12H,1H3,(H,20,21). The van der Waals surface area contributed by atoms with Crippen molar-refractivity contribution in [2.24, 2.45) is 10.9 Å². The highest BCUT2D eigenvalue weighted by Crippen LogP contribution is 2.34. The number of hydrogen-bond donors (Lipinski definition) is 1. The molecular formula is C14H10N4O3. The third kappa shape index (κ3) is 2.45. The van der Waals surface area contributed by atoms with Crippen LogP contribution in [-0.4, -0.2) is 27.8 Å². The van der Waals surface area contributed by atoms with Crippen LogP contribution in [0.3, 0.4) is 0 Å². The fraction of sp³-hybridized carbons (Fsp3) is 0.214. The molecule has 104 valence electrons. The molecule has 1 heterocycles. The molecule has 7 heteroatoms. The Morgan fingerprint density at radius 2 is 2.14 bits per heavy atom. The number of nitriles is 2. The van der Waals surface area contributed by atoms with Gasteiger partial charge in [0.05, 0.1) is 23.7 Å². The number of amides is 3. The van der Waals surface area contributed by atoms with Gasteiger partial charge in [-0.25, -0.2) is 19.5 Å². The average molecular weight is 282 g/mol. The lowest BCUT2D eigenvalue weighted by atomic mass is 9.87. The molecule has 1 aliphatic rings. The predicted octanol–water partition coefficient (Wildman–Crippen LogP) is 2.31. The van der Waals surface area contributed by atoms with Gasteiger partial charge in [0.25, 0.3) is 0 Å². The van der Waals surface area contributed by atoms with Crippen molar-refractivity contribution < 1.29 is 14.7 Å². The Morgan fingerprint density at radius 1 is 1.43 bits per heavy atom. The Balaban J connectivity index is 2.62. The summed E-state index contributed by atoms with van der Waals surface area (Å²) in [6.07, 6.45) is -1.48. The summed E-state index contributed by atoms with van der Waals surface area (Å²) in [4.78, 5) is 27.3. The molecule has 2 atom stereocenters. The van der Waals surface area contributed by atoms with Crippen LogP contribution in [0.4, 0.5) is 9.59 Å². The molecular weight excluding hydrogens is 272 g/mol. The smallest absolute Gasteiger partial charge is 0.416 e. The first-order valence-corrected chi connectivity index (χ1v) is 6.00. The minimum Gasteiger partial charge on any atom is -0.465 e. The molecule has 1 aromatic carbocycles. The lowest BCUT2D eigenvalue weighted by Crippen LogP contribution is -2.46. The van der Waals surface area contributed by atoms with Crippen molar-refractivity contribution in [3.05, 3.63) is 35.4 Å². The maximum atomic E-state index is 11.8. The summed E-state index contributed by atoms with van der Waals surface area (Å²) in [6, 6.07) is 8.16. The lowest BCUT2D eigenvalue weighted by Gasteiger charge is -2.33. The van der Waals surface area contributed by atoms with E-state index in [1.807, 2.05) is 12.1 Å². The Labute approximate surface area is 120 Å². The van der Waals surface area contributed by atoms with Crippen LogP contribution in [0.5, 0.6) is 0 Å². The molecule has 0 aliphatic carbocycles. The number of carbonyl (C=O) groups excluding carboxylic acids is 1. The molecule has 2 rings (SSSR count). The molecule has 0 fully saturated rings. The van der Waals surface area contributed by atoms with Gasteiger partial charge in [0.1, 0.15) is 5.92 Å². The van der Waals surface area contributed by atoms with E-state index in [2.05, 4.69) is 4.99 Å². The lowest BCUT2D eigenvalue weighted by molar-refractivity contribution is 0.129. The highest BCUT2D eigenvalue weighted by atomic mass is 16.4. The van der Waals surface area contributed by atoms with Crippen molar-refractivity contribution in [3.8, 4) is 12.1 Å². The van der Waals surface area contributed by atoms with E-state index < -0.39 is 24.1 Å². The van der Waals surface area contributed by atoms with E-state index >= 15 is 0 Å². The van der Waals surface area contributed by atoms with Gasteiger partial charge < -0.3 is 5.11 Å². The first-order chi connectivity index (χ1) is 9.99. The fourth-order valence-corrected chi connectivity index (χ4v) is 2.27. The second-order valence-corrected chi connectivity index (χ2v) is 4.48. The van der Waals surface area contributed by atoms with Gasteiger partial charge >= 0.3 is 12.1 Å². The van der Waals surface area contributed by atoms with Crippen molar-refractivity contribution in [1.82, 2.24) is 4.90 Å². The molecule has 0 aromatic heterocycles. The highest BCUT2D eigenvalue weighted by Gasteiger charge is 2.42. The molecule has 3 amide bonds. The Hall–Kier alpha value is -3.19. The number of rotatable bonds is 1. The molecule has 1 aromatic rings. The van der Waals surface area contributed by atoms with Gasteiger partial charge in [-0.1, -0.05) is 12.1 Å². The van der Waals surface area contributed by atoms with Crippen molar-refractivity contribution in [2.75, 3.05) is 0 Å². The maximum Gasteiger partial charge on any atom is 0.416 e. The topological polar surface area (TPSA) is 118 Å². The maximum absolute atomic E-state index is 11.8. The monoisotopic (exact) mass is 282 g/mol. The van der Waals surface area contributed by atoms with Gasteiger partial charge in [-0.15, -0.1) is 0 Å². The van der Waals surface area contributed by atoms with Gasteiger partial charge in [0.2, 0.25) is 0 Å². The zero-order chi connectivity index (χ0) is 15.6. The summed E-state index contributed by atoms with van der Waals surface area (Å²) in [5.74, 6) is -0.882. The first kappa shape index (κ1) is 14.2. The number of carboxylic acid groups (broad SMARTS) is 1. The number of imide groups is 1. The van der Waals surface area contributed by atoms with Gasteiger partial charge in [0, 0.05) is 5.71 Å². The largest absolute Gasteiger partial charge is 0.465 e. The number of carbonyl (C=O) groups is 2. The summed E-state index contributed by atoms with van der Waals surface area (Å²) >= 11 is 0. The zero-order valence-electron chi connectivity index (χ0n) is 11.0. The minimum atomic E-state index is -1.48. The third-order valence-corrected chi connectivity index (χ3v) is 3.22. The van der Waals surface area contributed by atoms with E-state index in [1.54, 1.807) is 18.2 Å². The van der Waals surface area contributed by atoms with E-state index in [-0.39, 0.29) is 5.71 Å². The van der Waals surface area contributed by atoms with Crippen LogP contribution in [0.15, 0.2) is 29.3 Å². The summed E-state index contributed by atoms with van der Waals surface area (Å²) in [6.45, 7) is 1.51. The average Bonchev–Trinajstić information content (AvgIpc) is 2.46. The quantitative estimate of drug-likeness (QED) is 0.847. The van der Waals surface area contributed by atoms with Crippen LogP contribution in [0.1, 0.15) is 24.1 Å². The van der Waals surface area contributed by atoms with E-state index in [9.17, 15) is 20.0 Å². The van der Waals surface area contributed by atoms with Gasteiger partial charge in [0.15, 0.2) is 0 Å². The van der Waals surface area contributed by atoms with Crippen LogP contribution in [0, 0.1) is 28.6 Å². The van der Waals surface area contributed by atoms with Crippen molar-refractivity contribution in [3.63, 3.8) is 0 Å². The molecule has 0 radical (unpaired) electrons. The van der Waals surface area contributed by atoms with E-state index in [0.717, 1.165) is 0 Å².